The van der Waals surface area contributed by atoms with Crippen molar-refractivity contribution in [3.05, 3.63) is 11.3 Å². The van der Waals surface area contributed by atoms with E-state index in [1.54, 1.807) is 0 Å². The number of rotatable bonds is 3. The zero-order valence-electron chi connectivity index (χ0n) is 11.3. The second kappa shape index (κ2) is 5.39. The molecule has 1 fully saturated rings. The normalized spacial score (nSPS) is 16.6. The second-order valence-corrected chi connectivity index (χ2v) is 4.67. The van der Waals surface area contributed by atoms with E-state index in [-0.39, 0.29) is 5.91 Å². The quantitative estimate of drug-likeness (QED) is 0.779. The lowest BCUT2D eigenvalue weighted by Gasteiger charge is -2.22. The van der Waals surface area contributed by atoms with Gasteiger partial charge in [0.15, 0.2) is 0 Å². The number of hydrogen-bond acceptors (Lipinski definition) is 4. The summed E-state index contributed by atoms with van der Waals surface area (Å²) in [5.74, 6) is 1.14. The van der Waals surface area contributed by atoms with E-state index in [9.17, 15) is 4.79 Å². The van der Waals surface area contributed by atoms with Crippen LogP contribution in [0.15, 0.2) is 0 Å². The van der Waals surface area contributed by atoms with E-state index in [2.05, 4.69) is 20.6 Å². The highest BCUT2D eigenvalue weighted by Gasteiger charge is 2.22. The number of aromatic nitrogens is 2. The zero-order valence-corrected chi connectivity index (χ0v) is 11.3. The first-order chi connectivity index (χ1) is 8.63. The minimum Gasteiger partial charge on any atom is -0.354 e. The van der Waals surface area contributed by atoms with Crippen LogP contribution in [0.5, 0.6) is 0 Å². The minimum absolute atomic E-state index is 0.0850. The van der Waals surface area contributed by atoms with E-state index < -0.39 is 0 Å². The Morgan fingerprint density at radius 2 is 2.28 bits per heavy atom. The molecule has 100 valence electrons. The number of hydrogen-bond donors (Lipinski definition) is 2. The van der Waals surface area contributed by atoms with E-state index in [1.165, 1.54) is 5.56 Å². The van der Waals surface area contributed by atoms with Crippen molar-refractivity contribution < 1.29 is 4.79 Å². The predicted molar refractivity (Wildman–Crippen MR) is 70.5 cm³/mol. The van der Waals surface area contributed by atoms with Gasteiger partial charge in [-0.15, -0.1) is 0 Å². The average Bonchev–Trinajstić information content (AvgIpc) is 2.50. The van der Waals surface area contributed by atoms with Gasteiger partial charge in [0, 0.05) is 32.2 Å². The second-order valence-electron chi connectivity index (χ2n) is 4.67. The van der Waals surface area contributed by atoms with Gasteiger partial charge in [-0.1, -0.05) is 0 Å². The fourth-order valence-electron chi connectivity index (χ4n) is 2.46. The van der Waals surface area contributed by atoms with Crippen molar-refractivity contribution in [2.45, 2.75) is 19.9 Å². The molecule has 0 atom stereocenters. The van der Waals surface area contributed by atoms with Crippen molar-refractivity contribution in [3.63, 3.8) is 0 Å². The van der Waals surface area contributed by atoms with Crippen LogP contribution < -0.4 is 15.5 Å². The lowest BCUT2D eigenvalue weighted by Crippen LogP contribution is -2.34. The van der Waals surface area contributed by atoms with Gasteiger partial charge in [-0.05, 0) is 20.4 Å². The summed E-state index contributed by atoms with van der Waals surface area (Å²) in [6.45, 7) is 4.83. The third-order valence-corrected chi connectivity index (χ3v) is 3.23. The maximum Gasteiger partial charge on any atom is 0.239 e. The molecule has 1 amide bonds. The molecule has 0 spiro atoms. The van der Waals surface area contributed by atoms with E-state index in [4.69, 9.17) is 0 Å². The van der Waals surface area contributed by atoms with Crippen LogP contribution in [0.25, 0.3) is 0 Å². The fraction of sp³-hybridized carbons (Fsp3) is 0.667. The Morgan fingerprint density at radius 1 is 1.50 bits per heavy atom. The first-order valence-electron chi connectivity index (χ1n) is 6.32. The summed E-state index contributed by atoms with van der Waals surface area (Å²) in [5, 5.41) is 10.5. The number of amides is 1. The lowest BCUT2D eigenvalue weighted by molar-refractivity contribution is -0.119. The Labute approximate surface area is 107 Å². The molecular formula is C12H21N5O. The maximum atomic E-state index is 11.7. The van der Waals surface area contributed by atoms with E-state index in [1.807, 2.05) is 25.7 Å². The topological polar surface area (TPSA) is 62.2 Å². The Kier molecular flexibility index (Phi) is 3.86. The molecule has 0 aliphatic carbocycles. The molecule has 1 aliphatic rings. The number of nitrogens with one attached hydrogen (secondary N) is 2. The van der Waals surface area contributed by atoms with Crippen LogP contribution >= 0.6 is 0 Å². The van der Waals surface area contributed by atoms with Crippen LogP contribution in [0.4, 0.5) is 5.82 Å². The number of nitrogens with zero attached hydrogens (tertiary/aromatic N) is 3. The number of carbonyl (C=O) groups is 1. The molecule has 0 unspecified atom stereocenters. The van der Waals surface area contributed by atoms with Gasteiger partial charge in [-0.3, -0.25) is 9.48 Å². The molecule has 6 nitrogen and oxygen atoms in total. The summed E-state index contributed by atoms with van der Waals surface area (Å²) in [5.41, 5.74) is 2.20. The largest absolute Gasteiger partial charge is 0.354 e. The van der Waals surface area contributed by atoms with Crippen LogP contribution in [-0.2, 0) is 18.4 Å². The summed E-state index contributed by atoms with van der Waals surface area (Å²) < 4.78 is 1.88. The molecule has 6 heteroatoms. The number of carbonyl (C=O) groups excluding carboxylic acids is 1. The average molecular weight is 251 g/mol. The first-order valence-corrected chi connectivity index (χ1v) is 6.32. The van der Waals surface area contributed by atoms with Gasteiger partial charge in [-0.25, -0.2) is 0 Å². The van der Waals surface area contributed by atoms with Crippen molar-refractivity contribution >= 4 is 11.7 Å². The molecule has 2 heterocycles. The smallest absolute Gasteiger partial charge is 0.239 e. The van der Waals surface area contributed by atoms with Crippen molar-refractivity contribution in [2.75, 3.05) is 31.6 Å². The standard InChI is InChI=1S/C12H21N5O/c1-9-10(7-13-2)12(16(3)15-9)17-6-4-5-14-11(18)8-17/h13H,4-8H2,1-3H3,(H,14,18). The Morgan fingerprint density at radius 3 is 3.00 bits per heavy atom. The van der Waals surface area contributed by atoms with Gasteiger partial charge >= 0.3 is 0 Å². The summed E-state index contributed by atoms with van der Waals surface area (Å²) in [4.78, 5) is 13.8. The molecule has 2 N–H and O–H groups in total. The fourth-order valence-corrected chi connectivity index (χ4v) is 2.46. The number of anilines is 1. The summed E-state index contributed by atoms with van der Waals surface area (Å²) in [6, 6.07) is 0. The highest BCUT2D eigenvalue weighted by molar-refractivity contribution is 5.81. The Bertz CT molecular complexity index is 440. The monoisotopic (exact) mass is 251 g/mol. The highest BCUT2D eigenvalue weighted by atomic mass is 16.2. The molecule has 0 bridgehead atoms. The molecule has 1 aromatic heterocycles. The van der Waals surface area contributed by atoms with E-state index in [0.29, 0.717) is 6.54 Å². The Hall–Kier alpha value is -1.56. The molecule has 1 aliphatic heterocycles. The molecule has 1 saturated heterocycles. The van der Waals surface area contributed by atoms with Gasteiger partial charge < -0.3 is 15.5 Å². The summed E-state index contributed by atoms with van der Waals surface area (Å²) in [6.07, 6.45) is 0.967. The van der Waals surface area contributed by atoms with Crippen LogP contribution in [-0.4, -0.2) is 42.4 Å². The Balaban J connectivity index is 2.33. The molecule has 0 radical (unpaired) electrons. The zero-order chi connectivity index (χ0) is 13.1. The van der Waals surface area contributed by atoms with Gasteiger partial charge in [-0.2, -0.15) is 5.10 Å². The molecular weight excluding hydrogens is 230 g/mol. The van der Waals surface area contributed by atoms with Crippen molar-refractivity contribution in [1.82, 2.24) is 20.4 Å². The van der Waals surface area contributed by atoms with Gasteiger partial charge in [0.1, 0.15) is 5.82 Å². The summed E-state index contributed by atoms with van der Waals surface area (Å²) >= 11 is 0. The highest BCUT2D eigenvalue weighted by Crippen LogP contribution is 2.23. The molecule has 0 aromatic carbocycles. The van der Waals surface area contributed by atoms with Gasteiger partial charge in [0.2, 0.25) is 5.91 Å². The van der Waals surface area contributed by atoms with Gasteiger partial charge in [0.05, 0.1) is 12.2 Å². The van der Waals surface area contributed by atoms with Crippen molar-refractivity contribution in [3.8, 4) is 0 Å². The van der Waals surface area contributed by atoms with Crippen LogP contribution in [0.1, 0.15) is 17.7 Å². The van der Waals surface area contributed by atoms with Crippen molar-refractivity contribution in [1.29, 1.82) is 0 Å². The lowest BCUT2D eigenvalue weighted by atomic mass is 10.2. The van der Waals surface area contributed by atoms with Crippen LogP contribution in [0.2, 0.25) is 0 Å². The van der Waals surface area contributed by atoms with Crippen LogP contribution in [0, 0.1) is 6.92 Å². The SMILES string of the molecule is CNCc1c(C)nn(C)c1N1CCCNC(=O)C1. The third kappa shape index (κ3) is 2.48. The number of aryl methyl sites for hydroxylation is 2. The summed E-state index contributed by atoms with van der Waals surface area (Å²) in [7, 11) is 3.86. The van der Waals surface area contributed by atoms with Crippen LogP contribution in [0.3, 0.4) is 0 Å². The van der Waals surface area contributed by atoms with Gasteiger partial charge in [0.25, 0.3) is 0 Å². The molecule has 18 heavy (non-hydrogen) atoms. The van der Waals surface area contributed by atoms with E-state index in [0.717, 1.165) is 37.6 Å². The molecule has 0 saturated carbocycles. The predicted octanol–water partition coefficient (Wildman–Crippen LogP) is -0.226. The first kappa shape index (κ1) is 12.9. The molecule has 1 aromatic rings. The maximum absolute atomic E-state index is 11.7. The van der Waals surface area contributed by atoms with E-state index >= 15 is 0 Å². The third-order valence-electron chi connectivity index (χ3n) is 3.23. The minimum atomic E-state index is 0.0850. The molecule has 2 rings (SSSR count). The van der Waals surface area contributed by atoms with Crippen molar-refractivity contribution in [2.24, 2.45) is 7.05 Å².